The lowest BCUT2D eigenvalue weighted by molar-refractivity contribution is 0.0730. The average molecular weight is 879 g/mol. The lowest BCUT2D eigenvalue weighted by atomic mass is 9.92. The highest BCUT2D eigenvalue weighted by Crippen LogP contribution is 2.36. The van der Waals surface area contributed by atoms with Crippen molar-refractivity contribution in [3.05, 3.63) is 107 Å². The van der Waals surface area contributed by atoms with E-state index in [0.717, 1.165) is 24.3 Å². The highest BCUT2D eigenvalue weighted by atomic mass is 32.2. The number of benzene rings is 4. The summed E-state index contributed by atoms with van der Waals surface area (Å²) in [5.41, 5.74) is -0.667. The molecule has 0 atom stereocenters. The van der Waals surface area contributed by atoms with Crippen molar-refractivity contribution in [2.45, 2.75) is 32.4 Å². The number of rotatable bonds is 12. The molecule has 0 bridgehead atoms. The van der Waals surface area contributed by atoms with Crippen molar-refractivity contribution >= 4 is 63.5 Å². The Bertz CT molecular complexity index is 2510. The summed E-state index contributed by atoms with van der Waals surface area (Å²) in [4.78, 5) is 24.8. The third-order valence-electron chi connectivity index (χ3n) is 9.44. The van der Waals surface area contributed by atoms with Gasteiger partial charge >= 0.3 is 0 Å². The molecule has 4 aromatic carbocycles. The van der Waals surface area contributed by atoms with Crippen molar-refractivity contribution in [1.82, 2.24) is 8.61 Å². The molecule has 0 aliphatic carbocycles. The second-order valence-electron chi connectivity index (χ2n) is 13.2. The average Bonchev–Trinajstić information content (AvgIpc) is 3.20. The molecule has 0 unspecified atom stereocenters. The zero-order chi connectivity index (χ0) is 42.0. The van der Waals surface area contributed by atoms with Gasteiger partial charge in [-0.2, -0.15) is 25.4 Å². The Kier molecular flexibility index (Phi) is 12.5. The van der Waals surface area contributed by atoms with Gasteiger partial charge in [0.15, 0.2) is 0 Å². The SMILES string of the molecule is CC(c1ccc(NC(=O)c2cccc(S(=O)(=O)N3CCOCC3)c2)cc1S(=O)(=O)O)c1ccc(NC(=O)c2cccc(S(=O)(=O)N3CCOCC3)c2)cc1S(=O)(=O)O. The summed E-state index contributed by atoms with van der Waals surface area (Å²) in [5, 5.41) is 4.96. The van der Waals surface area contributed by atoms with E-state index in [9.17, 15) is 52.4 Å². The molecule has 4 N–H and O–H groups in total. The molecule has 18 nitrogen and oxygen atoms in total. The van der Waals surface area contributed by atoms with E-state index in [4.69, 9.17) is 9.47 Å². The number of hydrogen-bond acceptors (Lipinski definition) is 12. The van der Waals surface area contributed by atoms with Crippen LogP contribution in [0.1, 0.15) is 44.7 Å². The van der Waals surface area contributed by atoms with E-state index in [2.05, 4.69) is 10.6 Å². The molecular formula is C36H38N4O14S4. The summed E-state index contributed by atoms with van der Waals surface area (Å²) in [6, 6.07) is 17.3. The number of ether oxygens (including phenoxy) is 2. The van der Waals surface area contributed by atoms with Crippen LogP contribution in [-0.4, -0.2) is 116 Å². The lowest BCUT2D eigenvalue weighted by Gasteiger charge is -2.26. The maximum atomic E-state index is 13.2. The summed E-state index contributed by atoms with van der Waals surface area (Å²) in [5.74, 6) is -2.77. The minimum Gasteiger partial charge on any atom is -0.379 e. The predicted molar refractivity (Wildman–Crippen MR) is 208 cm³/mol. The Hall–Kier alpha value is -4.62. The van der Waals surface area contributed by atoms with E-state index in [1.54, 1.807) is 0 Å². The fourth-order valence-electron chi connectivity index (χ4n) is 6.43. The van der Waals surface area contributed by atoms with Crippen LogP contribution in [0.2, 0.25) is 0 Å². The van der Waals surface area contributed by atoms with E-state index >= 15 is 0 Å². The number of morpholine rings is 2. The van der Waals surface area contributed by atoms with Crippen molar-refractivity contribution < 1.29 is 61.8 Å². The highest BCUT2D eigenvalue weighted by molar-refractivity contribution is 7.89. The molecule has 22 heteroatoms. The van der Waals surface area contributed by atoms with Crippen LogP contribution in [-0.2, 0) is 49.8 Å². The molecule has 2 heterocycles. The maximum absolute atomic E-state index is 13.2. The number of sulfonamides is 2. The topological polar surface area (TPSA) is 260 Å². The Balaban J connectivity index is 1.25. The van der Waals surface area contributed by atoms with Crippen LogP contribution >= 0.6 is 0 Å². The van der Waals surface area contributed by atoms with Crippen molar-refractivity contribution in [3.63, 3.8) is 0 Å². The number of nitrogens with one attached hydrogen (secondary N) is 2. The largest absolute Gasteiger partial charge is 0.379 e. The van der Waals surface area contributed by atoms with Crippen LogP contribution in [0, 0.1) is 0 Å². The molecule has 2 saturated heterocycles. The third-order valence-corrected chi connectivity index (χ3v) is 15.0. The molecule has 4 aromatic rings. The van der Waals surface area contributed by atoms with Crippen molar-refractivity contribution in [3.8, 4) is 0 Å². The minimum atomic E-state index is -5.04. The molecular weight excluding hydrogens is 841 g/mol. The lowest BCUT2D eigenvalue weighted by Crippen LogP contribution is -2.40. The summed E-state index contributed by atoms with van der Waals surface area (Å²) in [6.45, 7) is 2.80. The molecule has 2 aliphatic heterocycles. The van der Waals surface area contributed by atoms with Gasteiger partial charge in [-0.15, -0.1) is 0 Å². The van der Waals surface area contributed by atoms with Gasteiger partial charge in [-0.05, 0) is 71.8 Å². The minimum absolute atomic E-state index is 0.0733. The van der Waals surface area contributed by atoms with Crippen molar-refractivity contribution in [1.29, 1.82) is 0 Å². The van der Waals surface area contributed by atoms with Crippen LogP contribution in [0.15, 0.2) is 105 Å². The number of nitrogens with zero attached hydrogens (tertiary/aromatic N) is 2. The summed E-state index contributed by atoms with van der Waals surface area (Å²) >= 11 is 0. The van der Waals surface area contributed by atoms with Crippen LogP contribution in [0.4, 0.5) is 11.4 Å². The predicted octanol–water partition coefficient (Wildman–Crippen LogP) is 2.88. The summed E-state index contributed by atoms with van der Waals surface area (Å²) in [7, 11) is -18.0. The van der Waals surface area contributed by atoms with Gasteiger partial charge in [0.25, 0.3) is 32.1 Å². The quantitative estimate of drug-likeness (QED) is 0.149. The van der Waals surface area contributed by atoms with E-state index in [1.807, 2.05) is 0 Å². The second-order valence-corrected chi connectivity index (χ2v) is 19.8. The fraction of sp³-hybridized carbons (Fsp3) is 0.278. The van der Waals surface area contributed by atoms with Crippen LogP contribution in [0.5, 0.6) is 0 Å². The first-order valence-electron chi connectivity index (χ1n) is 17.5. The van der Waals surface area contributed by atoms with Crippen LogP contribution in [0.3, 0.4) is 0 Å². The van der Waals surface area contributed by atoms with Gasteiger partial charge < -0.3 is 20.1 Å². The molecule has 0 aromatic heterocycles. The van der Waals surface area contributed by atoms with Gasteiger partial charge in [0.1, 0.15) is 0 Å². The van der Waals surface area contributed by atoms with E-state index in [-0.39, 0.29) is 96.0 Å². The van der Waals surface area contributed by atoms with Crippen molar-refractivity contribution in [2.24, 2.45) is 0 Å². The van der Waals surface area contributed by atoms with Gasteiger partial charge in [-0.1, -0.05) is 31.2 Å². The molecule has 310 valence electrons. The molecule has 58 heavy (non-hydrogen) atoms. The highest BCUT2D eigenvalue weighted by Gasteiger charge is 2.30. The number of anilines is 2. The normalized spacial score (nSPS) is 16.2. The smallest absolute Gasteiger partial charge is 0.294 e. The zero-order valence-corrected chi connectivity index (χ0v) is 33.9. The molecule has 2 amide bonds. The molecule has 6 rings (SSSR count). The van der Waals surface area contributed by atoms with Gasteiger partial charge in [0, 0.05) is 54.6 Å². The molecule has 0 spiro atoms. The van der Waals surface area contributed by atoms with E-state index in [0.29, 0.717) is 0 Å². The molecule has 0 saturated carbocycles. The number of carbonyl (C=O) groups excluding carboxylic acids is 2. The van der Waals surface area contributed by atoms with Crippen LogP contribution < -0.4 is 10.6 Å². The van der Waals surface area contributed by atoms with Crippen LogP contribution in [0.25, 0.3) is 0 Å². The first kappa shape index (κ1) is 43.0. The number of carbonyl (C=O) groups is 2. The molecule has 0 radical (unpaired) electrons. The van der Waals surface area contributed by atoms with Gasteiger partial charge in [0.2, 0.25) is 20.0 Å². The molecule has 2 aliphatic rings. The van der Waals surface area contributed by atoms with Gasteiger partial charge in [0.05, 0.1) is 46.0 Å². The summed E-state index contributed by atoms with van der Waals surface area (Å²) in [6.07, 6.45) is 0. The first-order chi connectivity index (χ1) is 27.3. The Morgan fingerprint density at radius 2 is 0.931 bits per heavy atom. The Morgan fingerprint density at radius 1 is 0.569 bits per heavy atom. The number of amides is 2. The first-order valence-corrected chi connectivity index (χ1v) is 23.2. The van der Waals surface area contributed by atoms with Gasteiger partial charge in [-0.25, -0.2) is 16.8 Å². The van der Waals surface area contributed by atoms with Gasteiger partial charge in [-0.3, -0.25) is 18.7 Å². The maximum Gasteiger partial charge on any atom is 0.294 e. The van der Waals surface area contributed by atoms with E-state index < -0.39 is 67.8 Å². The van der Waals surface area contributed by atoms with Crippen molar-refractivity contribution in [2.75, 3.05) is 63.2 Å². The fourth-order valence-corrected chi connectivity index (χ4v) is 11.0. The van der Waals surface area contributed by atoms with E-state index in [1.165, 1.54) is 76.2 Å². The Morgan fingerprint density at radius 3 is 1.28 bits per heavy atom. The second kappa shape index (κ2) is 16.9. The zero-order valence-electron chi connectivity index (χ0n) is 30.6. The Labute approximate surface area is 335 Å². The number of hydrogen-bond donors (Lipinski definition) is 4. The summed E-state index contributed by atoms with van der Waals surface area (Å²) < 4.78 is 137. The monoisotopic (exact) mass is 878 g/mol. The third kappa shape index (κ3) is 9.47. The standard InChI is InChI=1S/C36H38N4O14S4/c1-24(31-10-8-27(22-33(31)57(47,48)49)37-35(41)25-4-2-6-29(20-25)55(43,44)39-12-16-53-17-13-39)32-11-9-28(23-34(32)58(50,51)52)38-36(42)26-5-3-7-30(21-26)56(45,46)40-14-18-54-19-15-40/h2-11,20-24H,12-19H2,1H3,(H,37,41)(H,38,42)(H,47,48,49)(H,50,51,52). The molecule has 2 fully saturated rings.